The molecule has 3 heterocycles. The highest BCUT2D eigenvalue weighted by Gasteiger charge is 2.29. The van der Waals surface area contributed by atoms with Gasteiger partial charge in [-0.15, -0.1) is 5.10 Å². The Morgan fingerprint density at radius 2 is 2.15 bits per heavy atom. The molecule has 106 valence electrons. The van der Waals surface area contributed by atoms with Crippen molar-refractivity contribution in [1.82, 2.24) is 24.9 Å². The maximum absolute atomic E-state index is 5.36. The first kappa shape index (κ1) is 13.2. The summed E-state index contributed by atoms with van der Waals surface area (Å²) in [5.74, 6) is 0.325. The molecule has 0 amide bonds. The summed E-state index contributed by atoms with van der Waals surface area (Å²) in [6.07, 6.45) is 3.67. The predicted octanol–water partition coefficient (Wildman–Crippen LogP) is 0.956. The first-order valence-electron chi connectivity index (χ1n) is 6.76. The van der Waals surface area contributed by atoms with Crippen LogP contribution >= 0.6 is 0 Å². The number of aromatic nitrogens is 4. The maximum atomic E-state index is 5.36. The van der Waals surface area contributed by atoms with Crippen LogP contribution in [0.2, 0.25) is 0 Å². The van der Waals surface area contributed by atoms with Gasteiger partial charge in [0.25, 0.3) is 0 Å². The average molecular weight is 273 g/mol. The van der Waals surface area contributed by atoms with Gasteiger partial charge in [0.05, 0.1) is 12.3 Å². The molecule has 0 saturated carbocycles. The van der Waals surface area contributed by atoms with Crippen LogP contribution in [0.25, 0.3) is 0 Å². The number of hydrogen-bond donors (Lipinski definition) is 0. The van der Waals surface area contributed by atoms with Crippen LogP contribution in [0.4, 0.5) is 0 Å². The van der Waals surface area contributed by atoms with Crippen molar-refractivity contribution < 1.29 is 4.74 Å². The zero-order chi connectivity index (χ0) is 13.9. The number of aryl methyl sites for hydroxylation is 1. The molecule has 0 aliphatic carbocycles. The molecule has 0 unspecified atom stereocenters. The zero-order valence-electron chi connectivity index (χ0n) is 11.9. The largest absolute Gasteiger partial charge is 0.384 e. The van der Waals surface area contributed by atoms with E-state index in [2.05, 4.69) is 32.3 Å². The highest BCUT2D eigenvalue weighted by atomic mass is 16.5. The van der Waals surface area contributed by atoms with Crippen molar-refractivity contribution in [3.8, 4) is 0 Å². The standard InChI is InChI=1S/C14H19N5O/c1-18-14-12(10-20-2)8-19(9-13(14)16-17-18)7-11-3-5-15-6-4-11/h3-6,12H,7-10H2,1-2H3/t12-/m1/s1. The number of methoxy groups -OCH3 is 1. The van der Waals surface area contributed by atoms with Gasteiger partial charge >= 0.3 is 0 Å². The molecular formula is C14H19N5O. The third kappa shape index (κ3) is 2.57. The second-order valence-corrected chi connectivity index (χ2v) is 5.22. The van der Waals surface area contributed by atoms with Crippen LogP contribution < -0.4 is 0 Å². The van der Waals surface area contributed by atoms with Crippen molar-refractivity contribution in [3.63, 3.8) is 0 Å². The number of hydrogen-bond acceptors (Lipinski definition) is 5. The lowest BCUT2D eigenvalue weighted by Crippen LogP contribution is -2.35. The van der Waals surface area contributed by atoms with E-state index in [0.717, 1.165) is 25.3 Å². The minimum absolute atomic E-state index is 0.325. The molecule has 0 fully saturated rings. The summed E-state index contributed by atoms with van der Waals surface area (Å²) in [7, 11) is 3.69. The fourth-order valence-electron chi connectivity index (χ4n) is 2.89. The Hall–Kier alpha value is -1.79. The molecule has 20 heavy (non-hydrogen) atoms. The molecule has 0 N–H and O–H groups in total. The van der Waals surface area contributed by atoms with Crippen LogP contribution in [-0.2, 0) is 24.9 Å². The van der Waals surface area contributed by atoms with E-state index < -0.39 is 0 Å². The third-order valence-electron chi connectivity index (χ3n) is 3.71. The van der Waals surface area contributed by atoms with Gasteiger partial charge < -0.3 is 4.74 Å². The molecule has 2 aromatic heterocycles. The summed E-state index contributed by atoms with van der Waals surface area (Å²) in [5, 5.41) is 8.43. The third-order valence-corrected chi connectivity index (χ3v) is 3.71. The van der Waals surface area contributed by atoms with E-state index in [0.29, 0.717) is 12.5 Å². The van der Waals surface area contributed by atoms with Gasteiger partial charge in [-0.25, -0.2) is 0 Å². The zero-order valence-corrected chi connectivity index (χ0v) is 11.9. The monoisotopic (exact) mass is 273 g/mol. The second-order valence-electron chi connectivity index (χ2n) is 5.22. The smallest absolute Gasteiger partial charge is 0.100 e. The topological polar surface area (TPSA) is 56.1 Å². The SMILES string of the molecule is COC[C@H]1CN(Cc2ccncc2)Cc2nnn(C)c21. The Kier molecular flexibility index (Phi) is 3.75. The highest BCUT2D eigenvalue weighted by Crippen LogP contribution is 2.27. The second kappa shape index (κ2) is 5.68. The Morgan fingerprint density at radius 1 is 1.35 bits per heavy atom. The number of pyridine rings is 1. The van der Waals surface area contributed by atoms with Crippen molar-refractivity contribution in [2.24, 2.45) is 7.05 Å². The van der Waals surface area contributed by atoms with E-state index in [9.17, 15) is 0 Å². The fraction of sp³-hybridized carbons (Fsp3) is 0.500. The molecule has 3 rings (SSSR count). The molecule has 1 aliphatic rings. The van der Waals surface area contributed by atoms with Gasteiger partial charge in [-0.1, -0.05) is 5.21 Å². The van der Waals surface area contributed by atoms with Gasteiger partial charge in [-0.05, 0) is 17.7 Å². The van der Waals surface area contributed by atoms with Crippen molar-refractivity contribution in [2.45, 2.75) is 19.0 Å². The van der Waals surface area contributed by atoms with Crippen LogP contribution in [0.15, 0.2) is 24.5 Å². The van der Waals surface area contributed by atoms with E-state index in [4.69, 9.17) is 4.74 Å². The molecule has 6 nitrogen and oxygen atoms in total. The van der Waals surface area contributed by atoms with Gasteiger partial charge in [0.1, 0.15) is 5.69 Å². The molecule has 0 spiro atoms. The van der Waals surface area contributed by atoms with E-state index >= 15 is 0 Å². The lowest BCUT2D eigenvalue weighted by atomic mass is 9.98. The first-order chi connectivity index (χ1) is 9.78. The van der Waals surface area contributed by atoms with E-state index in [1.54, 1.807) is 7.11 Å². The van der Waals surface area contributed by atoms with Gasteiger partial charge in [-0.2, -0.15) is 0 Å². The summed E-state index contributed by atoms with van der Waals surface area (Å²) in [5.41, 5.74) is 3.54. The average Bonchev–Trinajstić information content (AvgIpc) is 2.82. The van der Waals surface area contributed by atoms with Crippen molar-refractivity contribution in [1.29, 1.82) is 0 Å². The molecule has 6 heteroatoms. The van der Waals surface area contributed by atoms with E-state index in [1.165, 1.54) is 11.3 Å². The lowest BCUT2D eigenvalue weighted by molar-refractivity contribution is 0.132. The number of ether oxygens (including phenoxy) is 1. The van der Waals surface area contributed by atoms with Crippen LogP contribution in [0.3, 0.4) is 0 Å². The molecule has 0 saturated heterocycles. The van der Waals surface area contributed by atoms with E-state index in [1.807, 2.05) is 24.1 Å². The van der Waals surface area contributed by atoms with Crippen LogP contribution in [0.1, 0.15) is 22.9 Å². The quantitative estimate of drug-likeness (QED) is 0.830. The predicted molar refractivity (Wildman–Crippen MR) is 74.0 cm³/mol. The molecule has 0 bridgehead atoms. The first-order valence-corrected chi connectivity index (χ1v) is 6.76. The normalized spacial score (nSPS) is 19.0. The molecule has 0 radical (unpaired) electrons. The van der Waals surface area contributed by atoms with Crippen LogP contribution in [0, 0.1) is 0 Å². The van der Waals surface area contributed by atoms with E-state index in [-0.39, 0.29) is 0 Å². The lowest BCUT2D eigenvalue weighted by Gasteiger charge is -2.31. The fourth-order valence-corrected chi connectivity index (χ4v) is 2.89. The molecule has 1 atom stereocenters. The Morgan fingerprint density at radius 3 is 2.90 bits per heavy atom. The van der Waals surface area contributed by atoms with Crippen molar-refractivity contribution >= 4 is 0 Å². The van der Waals surface area contributed by atoms with Gasteiger partial charge in [-0.3, -0.25) is 14.6 Å². The van der Waals surface area contributed by atoms with Gasteiger partial charge in [0, 0.05) is 52.1 Å². The molecule has 0 aromatic carbocycles. The molecular weight excluding hydrogens is 254 g/mol. The van der Waals surface area contributed by atoms with Crippen LogP contribution in [0.5, 0.6) is 0 Å². The summed E-state index contributed by atoms with van der Waals surface area (Å²) < 4.78 is 7.23. The van der Waals surface area contributed by atoms with Crippen LogP contribution in [-0.4, -0.2) is 45.1 Å². The number of nitrogens with zero attached hydrogens (tertiary/aromatic N) is 5. The summed E-state index contributed by atoms with van der Waals surface area (Å²) in [6, 6.07) is 4.11. The maximum Gasteiger partial charge on any atom is 0.100 e. The molecule has 2 aromatic rings. The highest BCUT2D eigenvalue weighted by molar-refractivity contribution is 5.20. The summed E-state index contributed by atoms with van der Waals surface area (Å²) in [4.78, 5) is 6.44. The number of fused-ring (bicyclic) bond motifs is 1. The number of rotatable bonds is 4. The Balaban J connectivity index is 1.79. The minimum Gasteiger partial charge on any atom is -0.384 e. The van der Waals surface area contributed by atoms with Crippen molar-refractivity contribution in [2.75, 3.05) is 20.3 Å². The minimum atomic E-state index is 0.325. The van der Waals surface area contributed by atoms with Crippen molar-refractivity contribution in [3.05, 3.63) is 41.5 Å². The molecule has 1 aliphatic heterocycles. The van der Waals surface area contributed by atoms with Gasteiger partial charge in [0.15, 0.2) is 0 Å². The summed E-state index contributed by atoms with van der Waals surface area (Å²) >= 11 is 0. The Labute approximate surface area is 118 Å². The van der Waals surface area contributed by atoms with Gasteiger partial charge in [0.2, 0.25) is 0 Å². The Bertz CT molecular complexity index is 568. The summed E-state index contributed by atoms with van der Waals surface area (Å²) in [6.45, 7) is 3.40.